The van der Waals surface area contributed by atoms with E-state index in [2.05, 4.69) is 34.1 Å². The highest BCUT2D eigenvalue weighted by molar-refractivity contribution is 7.03. The third-order valence-corrected chi connectivity index (χ3v) is 4.28. The minimum Gasteiger partial charge on any atom is -0.308 e. The van der Waals surface area contributed by atoms with Gasteiger partial charge in [0.05, 0.1) is 11.7 Å². The van der Waals surface area contributed by atoms with Crippen molar-refractivity contribution in [3.8, 4) is 0 Å². The predicted octanol–water partition coefficient (Wildman–Crippen LogP) is 3.41. The number of rotatable bonds is 5. The molecular formula is C13H23N3S. The summed E-state index contributed by atoms with van der Waals surface area (Å²) in [5, 5.41) is 10.0. The van der Waals surface area contributed by atoms with Crippen LogP contribution in [-0.2, 0) is 0 Å². The van der Waals surface area contributed by atoms with Crippen molar-refractivity contribution in [2.75, 3.05) is 6.54 Å². The summed E-state index contributed by atoms with van der Waals surface area (Å²) in [5.74, 6) is 1.61. The number of hydrogen-bond acceptors (Lipinski definition) is 4. The van der Waals surface area contributed by atoms with Gasteiger partial charge in [0, 0.05) is 5.38 Å². The van der Waals surface area contributed by atoms with Gasteiger partial charge < -0.3 is 5.32 Å². The molecule has 1 N–H and O–H groups in total. The third kappa shape index (κ3) is 3.49. The second-order valence-electron chi connectivity index (χ2n) is 5.29. The Morgan fingerprint density at radius 2 is 2.41 bits per heavy atom. The number of hydrogen-bond donors (Lipinski definition) is 1. The van der Waals surface area contributed by atoms with Gasteiger partial charge in [-0.05, 0) is 49.2 Å². The van der Waals surface area contributed by atoms with Gasteiger partial charge in [-0.3, -0.25) is 0 Å². The molecule has 17 heavy (non-hydrogen) atoms. The van der Waals surface area contributed by atoms with E-state index < -0.39 is 0 Å². The monoisotopic (exact) mass is 253 g/mol. The molecule has 3 atom stereocenters. The van der Waals surface area contributed by atoms with Crippen LogP contribution in [0.3, 0.4) is 0 Å². The van der Waals surface area contributed by atoms with Gasteiger partial charge in [-0.25, -0.2) is 0 Å². The van der Waals surface area contributed by atoms with Gasteiger partial charge in [-0.15, -0.1) is 5.10 Å². The van der Waals surface area contributed by atoms with E-state index in [1.165, 1.54) is 43.6 Å². The Bertz CT molecular complexity index is 312. The van der Waals surface area contributed by atoms with E-state index in [0.717, 1.165) is 24.1 Å². The van der Waals surface area contributed by atoms with Gasteiger partial charge >= 0.3 is 0 Å². The van der Waals surface area contributed by atoms with Crippen LogP contribution in [0.15, 0.2) is 5.38 Å². The molecule has 1 aromatic heterocycles. The van der Waals surface area contributed by atoms with Crippen LogP contribution in [0.5, 0.6) is 0 Å². The van der Waals surface area contributed by atoms with Gasteiger partial charge in [-0.2, -0.15) is 0 Å². The van der Waals surface area contributed by atoms with E-state index >= 15 is 0 Å². The van der Waals surface area contributed by atoms with E-state index in [1.54, 1.807) is 0 Å². The van der Waals surface area contributed by atoms with E-state index in [9.17, 15) is 0 Å². The highest BCUT2D eigenvalue weighted by Gasteiger charge is 2.28. The molecule has 1 heterocycles. The molecule has 3 unspecified atom stereocenters. The Hall–Kier alpha value is -0.480. The van der Waals surface area contributed by atoms with Crippen molar-refractivity contribution >= 4 is 11.5 Å². The van der Waals surface area contributed by atoms with Crippen LogP contribution < -0.4 is 5.32 Å². The molecule has 0 radical (unpaired) electrons. The molecule has 1 fully saturated rings. The normalized spacial score (nSPS) is 26.9. The first-order valence-corrected chi connectivity index (χ1v) is 7.65. The highest BCUT2D eigenvalue weighted by atomic mass is 32.1. The summed E-state index contributed by atoms with van der Waals surface area (Å²) in [6, 6.07) is 0.427. The van der Waals surface area contributed by atoms with Crippen molar-refractivity contribution in [1.29, 1.82) is 0 Å². The SMILES string of the molecule is CCCNC(c1csnn1)C1CCCC(C)C1. The second kappa shape index (κ2) is 6.45. The van der Waals surface area contributed by atoms with Crippen molar-refractivity contribution in [1.82, 2.24) is 14.9 Å². The first kappa shape index (κ1) is 13.0. The molecule has 0 spiro atoms. The van der Waals surface area contributed by atoms with Gasteiger partial charge in [0.2, 0.25) is 0 Å². The van der Waals surface area contributed by atoms with E-state index in [-0.39, 0.29) is 0 Å². The average Bonchev–Trinajstić information content (AvgIpc) is 2.83. The fourth-order valence-corrected chi connectivity index (χ4v) is 3.39. The quantitative estimate of drug-likeness (QED) is 0.874. The lowest BCUT2D eigenvalue weighted by molar-refractivity contribution is 0.221. The predicted molar refractivity (Wildman–Crippen MR) is 72.1 cm³/mol. The maximum absolute atomic E-state index is 4.28. The summed E-state index contributed by atoms with van der Waals surface area (Å²) in [4.78, 5) is 0. The zero-order valence-electron chi connectivity index (χ0n) is 10.9. The van der Waals surface area contributed by atoms with Crippen molar-refractivity contribution in [2.24, 2.45) is 11.8 Å². The number of nitrogens with zero attached hydrogens (tertiary/aromatic N) is 2. The fourth-order valence-electron chi connectivity index (χ4n) is 2.90. The molecular weight excluding hydrogens is 230 g/mol. The van der Waals surface area contributed by atoms with Crippen LogP contribution in [-0.4, -0.2) is 16.1 Å². The first-order valence-electron chi connectivity index (χ1n) is 6.81. The molecule has 2 rings (SSSR count). The first-order chi connectivity index (χ1) is 8.31. The Kier molecular flexibility index (Phi) is 4.92. The third-order valence-electron chi connectivity index (χ3n) is 3.76. The number of nitrogens with one attached hydrogen (secondary N) is 1. The Morgan fingerprint density at radius 3 is 3.06 bits per heavy atom. The number of aromatic nitrogens is 2. The summed E-state index contributed by atoms with van der Waals surface area (Å²) in [6.45, 7) is 5.67. The van der Waals surface area contributed by atoms with Gasteiger partial charge in [0.25, 0.3) is 0 Å². The zero-order chi connectivity index (χ0) is 12.1. The van der Waals surface area contributed by atoms with Crippen LogP contribution in [0.1, 0.15) is 57.7 Å². The average molecular weight is 253 g/mol. The molecule has 1 aliphatic rings. The van der Waals surface area contributed by atoms with Crippen LogP contribution in [0, 0.1) is 11.8 Å². The largest absolute Gasteiger partial charge is 0.308 e. The lowest BCUT2D eigenvalue weighted by Gasteiger charge is -2.32. The van der Waals surface area contributed by atoms with Crippen molar-refractivity contribution in [2.45, 2.75) is 52.0 Å². The molecule has 0 aromatic carbocycles. The summed E-state index contributed by atoms with van der Waals surface area (Å²) in [5.41, 5.74) is 1.16. The van der Waals surface area contributed by atoms with E-state index in [4.69, 9.17) is 0 Å². The smallest absolute Gasteiger partial charge is 0.0927 e. The standard InChI is InChI=1S/C13H23N3S/c1-3-7-14-13(12-9-17-16-15-12)11-6-4-5-10(2)8-11/h9-11,13-14H,3-8H2,1-2H3. The Labute approximate surface area is 108 Å². The van der Waals surface area contributed by atoms with Crippen molar-refractivity contribution in [3.63, 3.8) is 0 Å². The van der Waals surface area contributed by atoms with Crippen LogP contribution in [0.4, 0.5) is 0 Å². The summed E-state index contributed by atoms with van der Waals surface area (Å²) in [6.07, 6.45) is 6.61. The Morgan fingerprint density at radius 1 is 1.53 bits per heavy atom. The molecule has 0 saturated heterocycles. The summed E-state index contributed by atoms with van der Waals surface area (Å²) >= 11 is 1.47. The van der Waals surface area contributed by atoms with E-state index in [0.29, 0.717) is 6.04 Å². The van der Waals surface area contributed by atoms with E-state index in [1.807, 2.05) is 0 Å². The maximum Gasteiger partial charge on any atom is 0.0927 e. The highest BCUT2D eigenvalue weighted by Crippen LogP contribution is 2.36. The van der Waals surface area contributed by atoms with Gasteiger partial charge in [0.15, 0.2) is 0 Å². The molecule has 0 aliphatic heterocycles. The van der Waals surface area contributed by atoms with Crippen molar-refractivity contribution in [3.05, 3.63) is 11.1 Å². The molecule has 1 aliphatic carbocycles. The van der Waals surface area contributed by atoms with Crippen molar-refractivity contribution < 1.29 is 0 Å². The van der Waals surface area contributed by atoms with Crippen LogP contribution >= 0.6 is 11.5 Å². The molecule has 1 saturated carbocycles. The minimum absolute atomic E-state index is 0.427. The molecule has 0 bridgehead atoms. The topological polar surface area (TPSA) is 37.8 Å². The summed E-state index contributed by atoms with van der Waals surface area (Å²) < 4.78 is 4.02. The second-order valence-corrected chi connectivity index (χ2v) is 5.90. The van der Waals surface area contributed by atoms with Crippen LogP contribution in [0.25, 0.3) is 0 Å². The Balaban J connectivity index is 2.03. The molecule has 1 aromatic rings. The molecule has 3 nitrogen and oxygen atoms in total. The molecule has 96 valence electrons. The minimum atomic E-state index is 0.427. The molecule has 4 heteroatoms. The summed E-state index contributed by atoms with van der Waals surface area (Å²) in [7, 11) is 0. The molecule has 0 amide bonds. The van der Waals surface area contributed by atoms with Crippen LogP contribution in [0.2, 0.25) is 0 Å². The fraction of sp³-hybridized carbons (Fsp3) is 0.846. The van der Waals surface area contributed by atoms with Gasteiger partial charge in [0.1, 0.15) is 0 Å². The van der Waals surface area contributed by atoms with Gasteiger partial charge in [-0.1, -0.05) is 31.2 Å². The lowest BCUT2D eigenvalue weighted by atomic mass is 9.78. The zero-order valence-corrected chi connectivity index (χ0v) is 11.7. The maximum atomic E-state index is 4.28. The lowest BCUT2D eigenvalue weighted by Crippen LogP contribution is -2.32.